The predicted molar refractivity (Wildman–Crippen MR) is 149 cm³/mol. The molecule has 3 heterocycles. The van der Waals surface area contributed by atoms with Crippen LogP contribution < -0.4 is 16.4 Å². The Bertz CT molecular complexity index is 1620. The number of hydrogen-bond acceptors (Lipinski definition) is 7. The summed E-state index contributed by atoms with van der Waals surface area (Å²) >= 11 is 1.14. The van der Waals surface area contributed by atoms with Gasteiger partial charge in [-0.3, -0.25) is 14.6 Å². The lowest BCUT2D eigenvalue weighted by Crippen LogP contribution is -2.10. The number of carbonyl (C=O) groups excluding carboxylic acids is 2. The fourth-order valence-electron chi connectivity index (χ4n) is 3.79. The number of carbonyl (C=O) groups is 2. The Kier molecular flexibility index (Phi) is 7.19. The predicted octanol–water partition coefficient (Wildman–Crippen LogP) is 6.24. The number of anilines is 3. The van der Waals surface area contributed by atoms with Crippen LogP contribution >= 0.6 is 11.3 Å². The van der Waals surface area contributed by atoms with E-state index in [-0.39, 0.29) is 18.1 Å². The van der Waals surface area contributed by atoms with Crippen molar-refractivity contribution in [3.63, 3.8) is 0 Å². The van der Waals surface area contributed by atoms with Gasteiger partial charge >= 0.3 is 0 Å². The maximum Gasteiger partial charge on any atom is 0.265 e. The van der Waals surface area contributed by atoms with Gasteiger partial charge in [-0.15, -0.1) is 11.3 Å². The van der Waals surface area contributed by atoms with Crippen LogP contribution in [0.2, 0.25) is 0 Å². The lowest BCUT2D eigenvalue weighted by molar-refractivity contribution is 0.0995. The van der Waals surface area contributed by atoms with Gasteiger partial charge in [0.25, 0.3) is 5.91 Å². The van der Waals surface area contributed by atoms with Crippen molar-refractivity contribution in [1.82, 2.24) is 20.7 Å². The molecule has 3 aromatic heterocycles. The van der Waals surface area contributed by atoms with Crippen LogP contribution in [0.25, 0.3) is 11.3 Å². The molecule has 5 aromatic rings. The molecule has 2 aromatic carbocycles. The smallest absolute Gasteiger partial charge is 0.265 e. The molecule has 1 amide bonds. The van der Waals surface area contributed by atoms with Gasteiger partial charge in [-0.1, -0.05) is 24.3 Å². The van der Waals surface area contributed by atoms with Gasteiger partial charge in [-0.05, 0) is 66.6 Å². The Morgan fingerprint density at radius 1 is 0.947 bits per heavy atom. The molecular formula is C29H23N6O2S. The molecule has 38 heavy (non-hydrogen) atoms. The highest BCUT2D eigenvalue weighted by atomic mass is 32.1. The summed E-state index contributed by atoms with van der Waals surface area (Å²) in [4.78, 5) is 39.6. The molecule has 5 rings (SSSR count). The number of aromatic nitrogens is 3. The van der Waals surface area contributed by atoms with Gasteiger partial charge in [0, 0.05) is 41.9 Å². The molecule has 0 unspecified atom stereocenters. The Morgan fingerprint density at radius 3 is 2.61 bits per heavy atom. The van der Waals surface area contributed by atoms with E-state index >= 15 is 0 Å². The fraction of sp³-hybridized carbons (Fsp3) is 0.0690. The van der Waals surface area contributed by atoms with Gasteiger partial charge in [0.1, 0.15) is 0 Å². The highest BCUT2D eigenvalue weighted by molar-refractivity contribution is 7.16. The van der Waals surface area contributed by atoms with Gasteiger partial charge in [0.05, 0.1) is 21.1 Å². The molecule has 8 nitrogen and oxygen atoms in total. The maximum atomic E-state index is 12.9. The fourth-order valence-corrected chi connectivity index (χ4v) is 4.62. The number of nitrogens with one attached hydrogen (secondary N) is 3. The molecule has 187 valence electrons. The SMILES string of the molecule is Cc1ccc(NC(=O)c2ccc(C(=O)Cc3ccccc3[NH])s2)cc1Nc1nccc(-c2cccnc2)n1. The summed E-state index contributed by atoms with van der Waals surface area (Å²) in [6, 6.07) is 21.4. The zero-order chi connectivity index (χ0) is 26.5. The Morgan fingerprint density at radius 2 is 1.79 bits per heavy atom. The van der Waals surface area contributed by atoms with Crippen LogP contribution in [0.15, 0.2) is 91.4 Å². The van der Waals surface area contributed by atoms with Gasteiger partial charge in [-0.2, -0.15) is 0 Å². The molecule has 0 atom stereocenters. The van der Waals surface area contributed by atoms with Crippen LogP contribution in [0.1, 0.15) is 30.5 Å². The zero-order valence-electron chi connectivity index (χ0n) is 20.4. The van der Waals surface area contributed by atoms with Gasteiger partial charge < -0.3 is 16.4 Å². The molecule has 0 fully saturated rings. The van der Waals surface area contributed by atoms with E-state index in [0.29, 0.717) is 32.6 Å². The quantitative estimate of drug-likeness (QED) is 0.234. The first kappa shape index (κ1) is 24.8. The first-order valence-corrected chi connectivity index (χ1v) is 12.6. The van der Waals surface area contributed by atoms with E-state index in [1.807, 2.05) is 49.4 Å². The third kappa shape index (κ3) is 5.74. The molecular weight excluding hydrogens is 496 g/mol. The van der Waals surface area contributed by atoms with E-state index in [9.17, 15) is 9.59 Å². The number of aryl methyl sites for hydroxylation is 1. The van der Waals surface area contributed by atoms with Crippen LogP contribution in [0, 0.1) is 6.92 Å². The molecule has 9 heteroatoms. The second-order valence-corrected chi connectivity index (χ2v) is 9.62. The first-order valence-electron chi connectivity index (χ1n) is 11.8. The van der Waals surface area contributed by atoms with Crippen LogP contribution in [-0.4, -0.2) is 26.6 Å². The first-order chi connectivity index (χ1) is 18.5. The monoisotopic (exact) mass is 519 g/mol. The maximum absolute atomic E-state index is 12.9. The number of pyridine rings is 1. The molecule has 0 saturated carbocycles. The minimum Gasteiger partial charge on any atom is -0.324 e. The van der Waals surface area contributed by atoms with Gasteiger partial charge in [0.2, 0.25) is 5.95 Å². The number of ketones is 1. The van der Waals surface area contributed by atoms with E-state index in [1.54, 1.807) is 48.9 Å². The van der Waals surface area contributed by atoms with Crippen LogP contribution in [0.4, 0.5) is 23.0 Å². The van der Waals surface area contributed by atoms with E-state index in [4.69, 9.17) is 5.73 Å². The minimum atomic E-state index is -0.306. The number of benzene rings is 2. The summed E-state index contributed by atoms with van der Waals surface area (Å²) in [5.74, 6) is -0.00255. The molecule has 0 bridgehead atoms. The van der Waals surface area contributed by atoms with Crippen molar-refractivity contribution in [2.45, 2.75) is 13.3 Å². The van der Waals surface area contributed by atoms with Crippen molar-refractivity contribution in [2.24, 2.45) is 0 Å². The van der Waals surface area contributed by atoms with Crippen LogP contribution in [0.3, 0.4) is 0 Å². The zero-order valence-corrected chi connectivity index (χ0v) is 21.3. The molecule has 1 radical (unpaired) electrons. The van der Waals surface area contributed by atoms with E-state index in [2.05, 4.69) is 25.6 Å². The van der Waals surface area contributed by atoms with E-state index in [0.717, 1.165) is 33.8 Å². The third-order valence-electron chi connectivity index (χ3n) is 5.83. The second-order valence-electron chi connectivity index (χ2n) is 8.54. The highest BCUT2D eigenvalue weighted by Gasteiger charge is 2.16. The number of nitrogens with zero attached hydrogens (tertiary/aromatic N) is 3. The Labute approximate surface area is 223 Å². The number of hydrogen-bond donors (Lipinski definition) is 2. The van der Waals surface area contributed by atoms with Crippen molar-refractivity contribution >= 4 is 46.0 Å². The standard InChI is InChI=1S/C29H23N6O2S/c1-18-8-9-21(16-24(18)35-29-32-14-12-23(34-29)20-6-4-13-31-17-20)33-28(37)27-11-10-26(38-27)25(36)15-19-5-2-3-7-22(19)30/h2-14,16-17,30H,15H2,1H3,(H,33,37)(H,32,34,35). The minimum absolute atomic E-state index is 0.121. The summed E-state index contributed by atoms with van der Waals surface area (Å²) in [6.45, 7) is 1.95. The normalized spacial score (nSPS) is 10.7. The Hall–Kier alpha value is -4.89. The van der Waals surface area contributed by atoms with Gasteiger partial charge in [0.15, 0.2) is 5.78 Å². The summed E-state index contributed by atoms with van der Waals surface area (Å²) in [6.07, 6.45) is 5.25. The highest BCUT2D eigenvalue weighted by Crippen LogP contribution is 2.26. The molecule has 0 saturated heterocycles. The number of amides is 1. The molecule has 0 aliphatic heterocycles. The summed E-state index contributed by atoms with van der Waals surface area (Å²) < 4.78 is 0. The van der Waals surface area contributed by atoms with Crippen molar-refractivity contribution < 1.29 is 9.59 Å². The van der Waals surface area contributed by atoms with Crippen molar-refractivity contribution in [1.29, 1.82) is 0 Å². The molecule has 0 aliphatic carbocycles. The van der Waals surface area contributed by atoms with Crippen molar-refractivity contribution in [3.05, 3.63) is 112 Å². The molecule has 3 N–H and O–H groups in total. The second kappa shape index (κ2) is 11.0. The van der Waals surface area contributed by atoms with Crippen molar-refractivity contribution in [2.75, 3.05) is 10.6 Å². The lowest BCUT2D eigenvalue weighted by atomic mass is 10.1. The van der Waals surface area contributed by atoms with Crippen LogP contribution in [0.5, 0.6) is 0 Å². The summed E-state index contributed by atoms with van der Waals surface area (Å²) in [7, 11) is 0. The van der Waals surface area contributed by atoms with Crippen LogP contribution in [-0.2, 0) is 6.42 Å². The summed E-state index contributed by atoms with van der Waals surface area (Å²) in [5, 5.41) is 6.13. The number of Topliss-reactive ketones (excluding diaryl/α,β-unsaturated/α-hetero) is 1. The Balaban J connectivity index is 1.28. The third-order valence-corrected chi connectivity index (χ3v) is 6.95. The topological polar surface area (TPSA) is 121 Å². The van der Waals surface area contributed by atoms with E-state index in [1.165, 1.54) is 0 Å². The number of thiophene rings is 1. The average molecular weight is 520 g/mol. The van der Waals surface area contributed by atoms with E-state index < -0.39 is 0 Å². The average Bonchev–Trinajstić information content (AvgIpc) is 3.44. The van der Waals surface area contributed by atoms with Crippen molar-refractivity contribution in [3.8, 4) is 11.3 Å². The molecule has 0 spiro atoms. The summed E-state index contributed by atoms with van der Waals surface area (Å²) in [5.41, 5.74) is 12.9. The van der Waals surface area contributed by atoms with Gasteiger partial charge in [-0.25, -0.2) is 9.97 Å². The lowest BCUT2D eigenvalue weighted by Gasteiger charge is -2.12. The number of rotatable bonds is 8. The largest absolute Gasteiger partial charge is 0.324 e. The molecule has 0 aliphatic rings.